The molecule has 0 saturated carbocycles. The zero-order chi connectivity index (χ0) is 27.9. The molecule has 1 aromatic carbocycles. The third-order valence-electron chi connectivity index (χ3n) is 7.27. The molecule has 0 atom stereocenters. The van der Waals surface area contributed by atoms with Gasteiger partial charge in [-0.3, -0.25) is 20.0 Å². The Balaban J connectivity index is 1.35. The molecule has 0 amide bonds. The largest absolute Gasteiger partial charge is 0.352 e. The molecule has 5 heterocycles. The van der Waals surface area contributed by atoms with E-state index < -0.39 is 5.92 Å². The minimum atomic E-state index is -2.64. The lowest BCUT2D eigenvalue weighted by atomic mass is 10.0. The van der Waals surface area contributed by atoms with Crippen LogP contribution in [0.15, 0.2) is 85.4 Å². The van der Waals surface area contributed by atoms with Crippen LogP contribution in [0.5, 0.6) is 0 Å². The number of hydrogen-bond donors (Lipinski definition) is 2. The highest BCUT2D eigenvalue weighted by atomic mass is 19.3. The molecule has 0 spiro atoms. The Morgan fingerprint density at radius 1 is 1.10 bits per heavy atom. The zero-order valence-electron chi connectivity index (χ0n) is 21.9. The first-order valence-corrected chi connectivity index (χ1v) is 13.0. The van der Waals surface area contributed by atoms with E-state index >= 15 is 0 Å². The quantitative estimate of drug-likeness (QED) is 0.215. The van der Waals surface area contributed by atoms with E-state index in [0.29, 0.717) is 13.1 Å². The fourth-order valence-corrected chi connectivity index (χ4v) is 5.19. The molecule has 1 saturated heterocycles. The second-order valence-corrected chi connectivity index (χ2v) is 10.0. The van der Waals surface area contributed by atoms with Crippen LogP contribution in [-0.4, -0.2) is 55.6 Å². The average molecular weight is 541 g/mol. The molecule has 2 N–H and O–H groups in total. The number of allylic oxidation sites excluding steroid dienone is 3. The van der Waals surface area contributed by atoms with Crippen LogP contribution in [0.4, 0.5) is 13.2 Å². The number of fused-ring (bicyclic) bond motifs is 2. The summed E-state index contributed by atoms with van der Waals surface area (Å²) in [6, 6.07) is 10.3. The Morgan fingerprint density at radius 2 is 1.93 bits per heavy atom. The number of benzene rings is 1. The first-order chi connectivity index (χ1) is 19.3. The van der Waals surface area contributed by atoms with E-state index in [2.05, 4.69) is 31.7 Å². The summed E-state index contributed by atoms with van der Waals surface area (Å²) in [5.41, 5.74) is 7.32. The lowest BCUT2D eigenvalue weighted by molar-refractivity contribution is 0.0131. The maximum Gasteiger partial charge on any atom is 0.261 e. The molecule has 0 unspecified atom stereocenters. The molecule has 6 nitrogen and oxygen atoms in total. The molecule has 1 fully saturated rings. The van der Waals surface area contributed by atoms with Crippen LogP contribution in [0.1, 0.15) is 19.0 Å². The highest BCUT2D eigenvalue weighted by molar-refractivity contribution is 6.01. The van der Waals surface area contributed by atoms with E-state index in [-0.39, 0.29) is 18.8 Å². The number of hydrogen-bond acceptors (Lipinski definition) is 4. The van der Waals surface area contributed by atoms with Crippen molar-refractivity contribution >= 4 is 27.4 Å². The van der Waals surface area contributed by atoms with Gasteiger partial charge < -0.3 is 4.98 Å². The second kappa shape index (κ2) is 10.2. The molecule has 4 aromatic heterocycles. The lowest BCUT2D eigenvalue weighted by Gasteiger charge is -2.16. The molecule has 5 aromatic rings. The number of alkyl halides is 2. The number of nitrogens with zero attached hydrogens (tertiary/aromatic N) is 4. The van der Waals surface area contributed by atoms with Crippen molar-refractivity contribution in [3.8, 4) is 22.5 Å². The molecule has 0 aliphatic carbocycles. The van der Waals surface area contributed by atoms with Gasteiger partial charge in [-0.1, -0.05) is 30.9 Å². The summed E-state index contributed by atoms with van der Waals surface area (Å²) < 4.78 is 40.9. The number of aromatic nitrogens is 5. The summed E-state index contributed by atoms with van der Waals surface area (Å²) in [4.78, 5) is 14.2. The molecule has 202 valence electrons. The van der Waals surface area contributed by atoms with Crippen molar-refractivity contribution < 1.29 is 13.2 Å². The van der Waals surface area contributed by atoms with E-state index in [4.69, 9.17) is 0 Å². The summed E-state index contributed by atoms with van der Waals surface area (Å²) in [6.07, 6.45) is 10.7. The van der Waals surface area contributed by atoms with Gasteiger partial charge in [0.1, 0.15) is 11.5 Å². The van der Waals surface area contributed by atoms with E-state index in [0.717, 1.165) is 61.2 Å². The van der Waals surface area contributed by atoms with Gasteiger partial charge >= 0.3 is 0 Å². The standard InChI is InChI=1S/C31H27F3N6/c1-3-19(17-40-10-9-31(33,34)18-40)11-20(4-2)26-13-24-29(16-36-26)38-39-30(24)27-12-23-25(14-35-15-28(23)37-27)21-5-7-22(32)8-6-21/h3-8,11-16,37H,1,9-10,17-18H2,2H3,(H,38,39)/b19-11+,20-4+. The van der Waals surface area contributed by atoms with Gasteiger partial charge in [-0.2, -0.15) is 5.10 Å². The maximum atomic E-state index is 13.7. The van der Waals surface area contributed by atoms with Crippen molar-refractivity contribution in [1.82, 2.24) is 30.0 Å². The number of rotatable bonds is 7. The molecule has 0 bridgehead atoms. The number of pyridine rings is 2. The van der Waals surface area contributed by atoms with Crippen molar-refractivity contribution in [2.45, 2.75) is 19.3 Å². The molecule has 1 aliphatic rings. The third kappa shape index (κ3) is 4.96. The third-order valence-corrected chi connectivity index (χ3v) is 7.27. The fraction of sp³-hybridized carbons (Fsp3) is 0.194. The van der Waals surface area contributed by atoms with E-state index in [1.165, 1.54) is 12.1 Å². The normalized spacial score (nSPS) is 16.3. The van der Waals surface area contributed by atoms with Crippen molar-refractivity contribution in [3.05, 3.63) is 96.9 Å². The molecule has 9 heteroatoms. The van der Waals surface area contributed by atoms with Gasteiger partial charge in [0.05, 0.1) is 41.4 Å². The highest BCUT2D eigenvalue weighted by Crippen LogP contribution is 2.34. The minimum absolute atomic E-state index is 0.120. The molecule has 1 aliphatic heterocycles. The second-order valence-electron chi connectivity index (χ2n) is 10.0. The molecular formula is C31H27F3N6. The minimum Gasteiger partial charge on any atom is -0.352 e. The van der Waals surface area contributed by atoms with Crippen molar-refractivity contribution in [2.24, 2.45) is 0 Å². The first-order valence-electron chi connectivity index (χ1n) is 13.0. The highest BCUT2D eigenvalue weighted by Gasteiger charge is 2.37. The predicted molar refractivity (Wildman–Crippen MR) is 152 cm³/mol. The van der Waals surface area contributed by atoms with Gasteiger partial charge in [0, 0.05) is 42.0 Å². The van der Waals surface area contributed by atoms with Crippen LogP contribution >= 0.6 is 0 Å². The van der Waals surface area contributed by atoms with Crippen LogP contribution in [0.2, 0.25) is 0 Å². The van der Waals surface area contributed by atoms with Crippen molar-refractivity contribution in [3.63, 3.8) is 0 Å². The first kappa shape index (κ1) is 25.8. The summed E-state index contributed by atoms with van der Waals surface area (Å²) >= 11 is 0. The van der Waals surface area contributed by atoms with Crippen LogP contribution in [0.3, 0.4) is 0 Å². The number of nitrogens with one attached hydrogen (secondary N) is 2. The molecule has 6 rings (SSSR count). The van der Waals surface area contributed by atoms with Crippen molar-refractivity contribution in [2.75, 3.05) is 19.6 Å². The summed E-state index contributed by atoms with van der Waals surface area (Å²) in [5.74, 6) is -2.93. The molecule has 0 radical (unpaired) electrons. The van der Waals surface area contributed by atoms with E-state index in [1.54, 1.807) is 41.7 Å². The number of H-pyrrole nitrogens is 2. The van der Waals surface area contributed by atoms with Gasteiger partial charge in [0.15, 0.2) is 0 Å². The Morgan fingerprint density at radius 3 is 2.65 bits per heavy atom. The van der Waals surface area contributed by atoms with Crippen LogP contribution < -0.4 is 0 Å². The monoisotopic (exact) mass is 540 g/mol. The fourth-order valence-electron chi connectivity index (χ4n) is 5.19. The summed E-state index contributed by atoms with van der Waals surface area (Å²) in [5, 5.41) is 9.44. The maximum absolute atomic E-state index is 13.7. The van der Waals surface area contributed by atoms with E-state index in [1.807, 2.05) is 31.2 Å². The van der Waals surface area contributed by atoms with Crippen LogP contribution in [0, 0.1) is 5.82 Å². The smallest absolute Gasteiger partial charge is 0.261 e. The van der Waals surface area contributed by atoms with Gasteiger partial charge in [-0.25, -0.2) is 13.2 Å². The van der Waals surface area contributed by atoms with Gasteiger partial charge in [-0.05, 0) is 54.0 Å². The van der Waals surface area contributed by atoms with Gasteiger partial charge in [-0.15, -0.1) is 0 Å². The lowest BCUT2D eigenvalue weighted by Crippen LogP contribution is -2.26. The van der Waals surface area contributed by atoms with Gasteiger partial charge in [0.25, 0.3) is 5.92 Å². The topological polar surface area (TPSA) is 73.5 Å². The zero-order valence-corrected chi connectivity index (χ0v) is 21.9. The summed E-state index contributed by atoms with van der Waals surface area (Å²) in [7, 11) is 0. The summed E-state index contributed by atoms with van der Waals surface area (Å²) in [6.45, 7) is 6.33. The van der Waals surface area contributed by atoms with Gasteiger partial charge in [0.2, 0.25) is 0 Å². The Hall–Kier alpha value is -4.50. The Labute approximate surface area is 229 Å². The Kier molecular flexibility index (Phi) is 6.59. The predicted octanol–water partition coefficient (Wildman–Crippen LogP) is 7.16. The SMILES string of the molecule is C=C/C(=C\C(=C/C)c1cc2c(-c3cc4c(-c5ccc(F)cc5)cncc4[nH]3)n[nH]c2cn1)CN1CCC(F)(F)C1. The number of likely N-dealkylation sites (tertiary alicyclic amines) is 1. The molecule has 40 heavy (non-hydrogen) atoms. The molecular weight excluding hydrogens is 513 g/mol. The van der Waals surface area contributed by atoms with E-state index in [9.17, 15) is 13.2 Å². The van der Waals surface area contributed by atoms with Crippen molar-refractivity contribution in [1.29, 1.82) is 0 Å². The number of halogens is 3. The average Bonchev–Trinajstić information content (AvgIpc) is 3.66. The Bertz CT molecular complexity index is 1780. The van der Waals surface area contributed by atoms with Crippen LogP contribution in [0.25, 0.3) is 49.9 Å². The van der Waals surface area contributed by atoms with Crippen LogP contribution in [-0.2, 0) is 0 Å². The number of aromatic amines is 2.